The highest BCUT2D eigenvalue weighted by molar-refractivity contribution is 7.14. The number of benzene rings is 2. The zero-order valence-corrected chi connectivity index (χ0v) is 17.7. The molecule has 0 radical (unpaired) electrons. The van der Waals surface area contributed by atoms with E-state index in [2.05, 4.69) is 15.5 Å². The summed E-state index contributed by atoms with van der Waals surface area (Å²) in [6.07, 6.45) is 1.47. The third-order valence-corrected chi connectivity index (χ3v) is 4.85. The van der Waals surface area contributed by atoms with E-state index in [-0.39, 0.29) is 11.4 Å². The number of ether oxygens (including phenoxy) is 2. The van der Waals surface area contributed by atoms with E-state index in [1.807, 2.05) is 43.5 Å². The molecule has 0 aliphatic heterocycles. The number of aromatic nitrogens is 1. The van der Waals surface area contributed by atoms with Crippen molar-refractivity contribution in [3.63, 3.8) is 0 Å². The molecule has 3 aromatic rings. The van der Waals surface area contributed by atoms with Crippen LogP contribution < -0.4 is 14.9 Å². The van der Waals surface area contributed by atoms with Crippen molar-refractivity contribution in [2.75, 3.05) is 18.6 Å². The van der Waals surface area contributed by atoms with E-state index in [0.29, 0.717) is 29.7 Å². The number of hydrazone groups is 1. The van der Waals surface area contributed by atoms with Gasteiger partial charge in [0.25, 0.3) is 0 Å². The van der Waals surface area contributed by atoms with Crippen molar-refractivity contribution in [1.29, 1.82) is 0 Å². The van der Waals surface area contributed by atoms with Crippen LogP contribution in [-0.2, 0) is 0 Å². The number of rotatable bonds is 9. The molecule has 1 N–H and O–H groups in total. The number of hydrogen-bond donors (Lipinski definition) is 1. The lowest BCUT2D eigenvalue weighted by molar-refractivity contribution is -0.385. The van der Waals surface area contributed by atoms with E-state index in [1.165, 1.54) is 35.2 Å². The van der Waals surface area contributed by atoms with Gasteiger partial charge in [-0.2, -0.15) is 5.10 Å². The molecular formula is C21H22N4O4S. The van der Waals surface area contributed by atoms with E-state index in [9.17, 15) is 10.1 Å². The van der Waals surface area contributed by atoms with Crippen LogP contribution in [0.5, 0.6) is 11.5 Å². The maximum atomic E-state index is 11.4. The molecule has 30 heavy (non-hydrogen) atoms. The highest BCUT2D eigenvalue weighted by Gasteiger charge is 2.19. The van der Waals surface area contributed by atoms with Crippen molar-refractivity contribution >= 4 is 28.4 Å². The van der Waals surface area contributed by atoms with Gasteiger partial charge in [0.05, 0.1) is 30.0 Å². The second-order valence-electron chi connectivity index (χ2n) is 6.25. The topological polar surface area (TPSA) is 98.9 Å². The summed E-state index contributed by atoms with van der Waals surface area (Å²) in [5.74, 6) is 0.621. The number of nitro benzene ring substituents is 1. The number of thiazole rings is 1. The van der Waals surface area contributed by atoms with Gasteiger partial charge in [0.1, 0.15) is 5.75 Å². The molecule has 9 heteroatoms. The third kappa shape index (κ3) is 5.12. The van der Waals surface area contributed by atoms with Crippen LogP contribution in [0.4, 0.5) is 10.8 Å². The quantitative estimate of drug-likeness (QED) is 0.284. The van der Waals surface area contributed by atoms with Crippen LogP contribution in [0.15, 0.2) is 46.9 Å². The number of nitrogens with one attached hydrogen (secondary N) is 1. The molecule has 0 saturated carbocycles. The van der Waals surface area contributed by atoms with Crippen molar-refractivity contribution in [1.82, 2.24) is 4.98 Å². The fourth-order valence-corrected chi connectivity index (χ4v) is 3.37. The van der Waals surface area contributed by atoms with Crippen LogP contribution in [0.2, 0.25) is 0 Å². The molecule has 156 valence electrons. The summed E-state index contributed by atoms with van der Waals surface area (Å²) in [6, 6.07) is 11.0. The van der Waals surface area contributed by atoms with Crippen LogP contribution in [0.25, 0.3) is 11.3 Å². The lowest BCUT2D eigenvalue weighted by atomic mass is 10.1. The third-order valence-electron chi connectivity index (χ3n) is 4.10. The lowest BCUT2D eigenvalue weighted by Crippen LogP contribution is -2.03. The Morgan fingerprint density at radius 1 is 1.17 bits per heavy atom. The highest BCUT2D eigenvalue weighted by Crippen LogP contribution is 2.34. The summed E-state index contributed by atoms with van der Waals surface area (Å²) < 4.78 is 11.0. The molecule has 1 aromatic heterocycles. The van der Waals surface area contributed by atoms with Crippen molar-refractivity contribution in [2.45, 2.75) is 20.8 Å². The van der Waals surface area contributed by atoms with Crippen LogP contribution >= 0.6 is 11.3 Å². The number of nitrogens with zero attached hydrogens (tertiary/aromatic N) is 3. The van der Waals surface area contributed by atoms with E-state index in [0.717, 1.165) is 11.3 Å². The largest absolute Gasteiger partial charge is 0.493 e. The fraction of sp³-hybridized carbons (Fsp3) is 0.238. The van der Waals surface area contributed by atoms with Gasteiger partial charge in [0.15, 0.2) is 0 Å². The van der Waals surface area contributed by atoms with Crippen molar-refractivity contribution in [3.05, 3.63) is 63.0 Å². The molecule has 0 bridgehead atoms. The number of hydrogen-bond acceptors (Lipinski definition) is 8. The van der Waals surface area contributed by atoms with Crippen LogP contribution in [0.3, 0.4) is 0 Å². The van der Waals surface area contributed by atoms with E-state index < -0.39 is 4.92 Å². The van der Waals surface area contributed by atoms with Gasteiger partial charge < -0.3 is 9.47 Å². The van der Waals surface area contributed by atoms with Gasteiger partial charge in [-0.3, -0.25) is 15.5 Å². The monoisotopic (exact) mass is 426 g/mol. The van der Waals surface area contributed by atoms with Gasteiger partial charge in [0, 0.05) is 28.6 Å². The second-order valence-corrected chi connectivity index (χ2v) is 7.11. The van der Waals surface area contributed by atoms with E-state index in [1.54, 1.807) is 6.92 Å². The molecule has 8 nitrogen and oxygen atoms in total. The molecule has 0 aliphatic carbocycles. The first-order valence-corrected chi connectivity index (χ1v) is 10.3. The minimum absolute atomic E-state index is 0.141. The Bertz CT molecular complexity index is 1050. The normalized spacial score (nSPS) is 10.9. The molecule has 0 unspecified atom stereocenters. The Balaban J connectivity index is 1.80. The number of aryl methyl sites for hydroxylation is 1. The van der Waals surface area contributed by atoms with Gasteiger partial charge >= 0.3 is 5.69 Å². The Hall–Kier alpha value is -3.46. The fourth-order valence-electron chi connectivity index (χ4n) is 2.70. The molecule has 3 rings (SSSR count). The molecule has 0 spiro atoms. The highest BCUT2D eigenvalue weighted by atomic mass is 32.1. The van der Waals surface area contributed by atoms with Crippen LogP contribution in [0.1, 0.15) is 25.0 Å². The standard InChI is InChI=1S/C21H22N4O4S/c1-4-28-19-11-20(29-5-2)18(25(26)27)10-16(19)12-22-24-21-23-17(13-30-21)15-8-6-14(3)7-9-15/h6-13H,4-5H2,1-3H3,(H,23,24)/b22-12-. The summed E-state index contributed by atoms with van der Waals surface area (Å²) in [6.45, 7) is 6.36. The SMILES string of the molecule is CCOc1cc(OCC)c([N+](=O)[O-])cc1/C=N\Nc1nc(-c2ccc(C)cc2)cs1. The summed E-state index contributed by atoms with van der Waals surface area (Å²) in [5, 5.41) is 18.1. The zero-order valence-electron chi connectivity index (χ0n) is 16.9. The predicted octanol–water partition coefficient (Wildman–Crippen LogP) is 5.27. The average Bonchev–Trinajstić information content (AvgIpc) is 3.19. The lowest BCUT2D eigenvalue weighted by Gasteiger charge is -2.10. The Kier molecular flexibility index (Phi) is 6.97. The van der Waals surface area contributed by atoms with Gasteiger partial charge in [-0.25, -0.2) is 4.98 Å². The summed E-state index contributed by atoms with van der Waals surface area (Å²) in [5.41, 5.74) is 6.26. The Morgan fingerprint density at radius 2 is 1.87 bits per heavy atom. The average molecular weight is 426 g/mol. The van der Waals surface area contributed by atoms with Gasteiger partial charge in [-0.1, -0.05) is 29.8 Å². The van der Waals surface area contributed by atoms with E-state index in [4.69, 9.17) is 9.47 Å². The number of anilines is 1. The van der Waals surface area contributed by atoms with Crippen molar-refractivity contribution in [2.24, 2.45) is 5.10 Å². The zero-order chi connectivity index (χ0) is 21.5. The van der Waals surface area contributed by atoms with Gasteiger partial charge in [0.2, 0.25) is 10.9 Å². The molecule has 0 saturated heterocycles. The smallest absolute Gasteiger partial charge is 0.311 e. The van der Waals surface area contributed by atoms with Crippen molar-refractivity contribution < 1.29 is 14.4 Å². The summed E-state index contributed by atoms with van der Waals surface area (Å²) in [7, 11) is 0. The molecule has 1 heterocycles. The first-order valence-electron chi connectivity index (χ1n) is 9.41. The molecule has 0 fully saturated rings. The first-order chi connectivity index (χ1) is 14.5. The number of nitro groups is 1. The van der Waals surface area contributed by atoms with Gasteiger partial charge in [-0.15, -0.1) is 11.3 Å². The van der Waals surface area contributed by atoms with E-state index >= 15 is 0 Å². The van der Waals surface area contributed by atoms with Gasteiger partial charge in [-0.05, 0) is 20.8 Å². The van der Waals surface area contributed by atoms with Crippen molar-refractivity contribution in [3.8, 4) is 22.8 Å². The maximum Gasteiger partial charge on any atom is 0.311 e. The molecule has 0 atom stereocenters. The maximum absolute atomic E-state index is 11.4. The molecule has 0 aliphatic rings. The minimum atomic E-state index is -0.486. The molecular weight excluding hydrogens is 404 g/mol. The Morgan fingerprint density at radius 3 is 2.53 bits per heavy atom. The molecule has 0 amide bonds. The minimum Gasteiger partial charge on any atom is -0.493 e. The van der Waals surface area contributed by atoms with Crippen LogP contribution in [-0.4, -0.2) is 29.3 Å². The van der Waals surface area contributed by atoms with Crippen LogP contribution in [0, 0.1) is 17.0 Å². The molecule has 2 aromatic carbocycles. The Labute approximate surface area is 178 Å². The summed E-state index contributed by atoms with van der Waals surface area (Å²) in [4.78, 5) is 15.4. The first kappa shape index (κ1) is 21.3. The summed E-state index contributed by atoms with van der Waals surface area (Å²) >= 11 is 1.42. The second kappa shape index (κ2) is 9.84. The predicted molar refractivity (Wildman–Crippen MR) is 119 cm³/mol.